The van der Waals surface area contributed by atoms with Gasteiger partial charge in [0, 0.05) is 0 Å². The molecule has 0 N–H and O–H groups in total. The zero-order chi connectivity index (χ0) is 10.8. The maximum Gasteiger partial charge on any atom is -0.0320 e. The Kier molecular flexibility index (Phi) is 8.72. The average molecular weight is 194 g/mol. The monoisotopic (exact) mass is 194 g/mol. The maximum absolute atomic E-state index is 2.29. The van der Waals surface area contributed by atoms with Crippen molar-refractivity contribution in [3.8, 4) is 0 Å². The topological polar surface area (TPSA) is 0 Å². The van der Waals surface area contributed by atoms with E-state index in [9.17, 15) is 0 Å². The highest BCUT2D eigenvalue weighted by atomic mass is 14.0. The molecule has 0 atom stereocenters. The zero-order valence-electron chi connectivity index (χ0n) is 10.4. The SMILES string of the molecule is CCCC/C(C)=C/C=C(\C)CCCC. The normalized spacial score (nSPS) is 13.4. The molecule has 0 heteroatoms. The lowest BCUT2D eigenvalue weighted by atomic mass is 10.1. The van der Waals surface area contributed by atoms with E-state index >= 15 is 0 Å². The molecule has 0 fully saturated rings. The molecule has 0 aromatic carbocycles. The van der Waals surface area contributed by atoms with E-state index in [1.807, 2.05) is 0 Å². The first-order valence-electron chi connectivity index (χ1n) is 6.03. The second kappa shape index (κ2) is 9.05. The van der Waals surface area contributed by atoms with Crippen molar-refractivity contribution in [2.75, 3.05) is 0 Å². The highest BCUT2D eigenvalue weighted by Gasteiger charge is 1.89. The Hall–Kier alpha value is -0.520. The molecule has 82 valence electrons. The van der Waals surface area contributed by atoms with Crippen molar-refractivity contribution in [3.05, 3.63) is 23.3 Å². The van der Waals surface area contributed by atoms with E-state index in [0.29, 0.717) is 0 Å². The number of hydrogen-bond acceptors (Lipinski definition) is 0. The van der Waals surface area contributed by atoms with Crippen molar-refractivity contribution in [2.45, 2.75) is 66.2 Å². The van der Waals surface area contributed by atoms with Gasteiger partial charge < -0.3 is 0 Å². The fourth-order valence-corrected chi connectivity index (χ4v) is 1.36. The van der Waals surface area contributed by atoms with E-state index in [0.717, 1.165) is 0 Å². The van der Waals surface area contributed by atoms with Crippen LogP contribution in [0.5, 0.6) is 0 Å². The minimum atomic E-state index is 1.26. The van der Waals surface area contributed by atoms with Crippen LogP contribution in [0.3, 0.4) is 0 Å². The molecule has 14 heavy (non-hydrogen) atoms. The van der Waals surface area contributed by atoms with Crippen molar-refractivity contribution in [3.63, 3.8) is 0 Å². The molecule has 0 aromatic heterocycles. The first-order chi connectivity index (χ1) is 6.70. The van der Waals surface area contributed by atoms with Crippen LogP contribution in [-0.2, 0) is 0 Å². The van der Waals surface area contributed by atoms with Gasteiger partial charge in [0.15, 0.2) is 0 Å². The third-order valence-corrected chi connectivity index (χ3v) is 2.50. The van der Waals surface area contributed by atoms with Crippen LogP contribution in [0.2, 0.25) is 0 Å². The quantitative estimate of drug-likeness (QED) is 0.485. The summed E-state index contributed by atoms with van der Waals surface area (Å²) in [5.74, 6) is 0. The predicted octanol–water partition coefficient (Wildman–Crippen LogP) is 5.26. The van der Waals surface area contributed by atoms with E-state index in [4.69, 9.17) is 0 Å². The van der Waals surface area contributed by atoms with E-state index < -0.39 is 0 Å². The van der Waals surface area contributed by atoms with Crippen LogP contribution in [0.25, 0.3) is 0 Å². The number of unbranched alkanes of at least 4 members (excludes halogenated alkanes) is 2. The minimum absolute atomic E-state index is 1.26. The lowest BCUT2D eigenvalue weighted by Gasteiger charge is -1.99. The van der Waals surface area contributed by atoms with Crippen molar-refractivity contribution >= 4 is 0 Å². The standard InChI is InChI=1S/C14H26/c1-5-7-9-13(3)11-12-14(4)10-8-6-2/h11-12H,5-10H2,1-4H3/b13-11+,14-12+. The van der Waals surface area contributed by atoms with Crippen LogP contribution in [0.15, 0.2) is 23.3 Å². The molecule has 0 aliphatic heterocycles. The molecule has 0 aliphatic rings. The fraction of sp³-hybridized carbons (Fsp3) is 0.714. The Bertz CT molecular complexity index is 162. The lowest BCUT2D eigenvalue weighted by Crippen LogP contribution is -1.79. The van der Waals surface area contributed by atoms with Gasteiger partial charge in [0.05, 0.1) is 0 Å². The Labute approximate surface area is 90.1 Å². The molecule has 0 aliphatic carbocycles. The summed E-state index contributed by atoms with van der Waals surface area (Å²) < 4.78 is 0. The van der Waals surface area contributed by atoms with Crippen molar-refractivity contribution < 1.29 is 0 Å². The Morgan fingerprint density at radius 3 is 1.43 bits per heavy atom. The third kappa shape index (κ3) is 8.10. The van der Waals surface area contributed by atoms with Crippen LogP contribution in [-0.4, -0.2) is 0 Å². The van der Waals surface area contributed by atoms with Crippen molar-refractivity contribution in [1.29, 1.82) is 0 Å². The second-order valence-electron chi connectivity index (χ2n) is 4.23. The van der Waals surface area contributed by atoms with Crippen LogP contribution < -0.4 is 0 Å². The summed E-state index contributed by atoms with van der Waals surface area (Å²) in [6.07, 6.45) is 12.3. The first kappa shape index (κ1) is 13.5. The first-order valence-corrected chi connectivity index (χ1v) is 6.03. The molecule has 0 saturated heterocycles. The van der Waals surface area contributed by atoms with Gasteiger partial charge in [0.1, 0.15) is 0 Å². The average Bonchev–Trinajstić information content (AvgIpc) is 2.20. The molecule has 0 saturated carbocycles. The van der Waals surface area contributed by atoms with Gasteiger partial charge in [0.25, 0.3) is 0 Å². The van der Waals surface area contributed by atoms with Gasteiger partial charge in [0.2, 0.25) is 0 Å². The molecule has 0 amide bonds. The minimum Gasteiger partial charge on any atom is -0.0733 e. The summed E-state index contributed by atoms with van der Waals surface area (Å²) >= 11 is 0. The Balaban J connectivity index is 3.84. The largest absolute Gasteiger partial charge is 0.0733 e. The summed E-state index contributed by atoms with van der Waals surface area (Å²) in [5.41, 5.74) is 3.03. The van der Waals surface area contributed by atoms with Gasteiger partial charge >= 0.3 is 0 Å². The molecule has 0 bridgehead atoms. The molecule has 0 aromatic rings. The maximum atomic E-state index is 2.29. The second-order valence-corrected chi connectivity index (χ2v) is 4.23. The van der Waals surface area contributed by atoms with Gasteiger partial charge in [-0.1, -0.05) is 50.0 Å². The molecule has 0 unspecified atom stereocenters. The predicted molar refractivity (Wildman–Crippen MR) is 66.6 cm³/mol. The summed E-state index contributed by atoms with van der Waals surface area (Å²) in [7, 11) is 0. The smallest absolute Gasteiger partial charge is 0.0320 e. The molecule has 0 heterocycles. The van der Waals surface area contributed by atoms with Gasteiger partial charge in [-0.05, 0) is 39.5 Å². The molecule has 0 nitrogen and oxygen atoms in total. The Morgan fingerprint density at radius 2 is 1.14 bits per heavy atom. The lowest BCUT2D eigenvalue weighted by molar-refractivity contribution is 0.782. The van der Waals surface area contributed by atoms with Crippen LogP contribution in [0, 0.1) is 0 Å². The van der Waals surface area contributed by atoms with E-state index in [2.05, 4.69) is 39.8 Å². The van der Waals surface area contributed by atoms with E-state index in [-0.39, 0.29) is 0 Å². The third-order valence-electron chi connectivity index (χ3n) is 2.50. The van der Waals surface area contributed by atoms with E-state index in [1.165, 1.54) is 49.7 Å². The Morgan fingerprint density at radius 1 is 0.786 bits per heavy atom. The summed E-state index contributed by atoms with van der Waals surface area (Å²) in [4.78, 5) is 0. The van der Waals surface area contributed by atoms with E-state index in [1.54, 1.807) is 0 Å². The van der Waals surface area contributed by atoms with Gasteiger partial charge in [-0.2, -0.15) is 0 Å². The fourth-order valence-electron chi connectivity index (χ4n) is 1.36. The molecular formula is C14H26. The highest BCUT2D eigenvalue weighted by Crippen LogP contribution is 2.10. The molecule has 0 rings (SSSR count). The van der Waals surface area contributed by atoms with Gasteiger partial charge in [-0.25, -0.2) is 0 Å². The molecule has 0 spiro atoms. The number of hydrogen-bond donors (Lipinski definition) is 0. The van der Waals surface area contributed by atoms with Crippen molar-refractivity contribution in [2.24, 2.45) is 0 Å². The van der Waals surface area contributed by atoms with Crippen LogP contribution in [0.1, 0.15) is 66.2 Å². The molecule has 0 radical (unpaired) electrons. The molecular weight excluding hydrogens is 168 g/mol. The summed E-state index contributed by atoms with van der Waals surface area (Å²) in [5, 5.41) is 0. The number of allylic oxidation sites excluding steroid dienone is 4. The van der Waals surface area contributed by atoms with Crippen LogP contribution in [0.4, 0.5) is 0 Å². The van der Waals surface area contributed by atoms with Crippen molar-refractivity contribution in [1.82, 2.24) is 0 Å². The number of rotatable bonds is 7. The van der Waals surface area contributed by atoms with Crippen LogP contribution >= 0.6 is 0 Å². The summed E-state index contributed by atoms with van der Waals surface area (Å²) in [6, 6.07) is 0. The van der Waals surface area contributed by atoms with Gasteiger partial charge in [-0.15, -0.1) is 0 Å². The van der Waals surface area contributed by atoms with Gasteiger partial charge in [-0.3, -0.25) is 0 Å². The highest BCUT2D eigenvalue weighted by molar-refractivity contribution is 5.15. The summed E-state index contributed by atoms with van der Waals surface area (Å²) in [6.45, 7) is 8.96. The zero-order valence-corrected chi connectivity index (χ0v) is 10.4.